The standard InChI is InChI=1S/C15H17N3O3/c16-9-12-2-1-7-18(12)14(19)13(17)8-10-3-5-11(6-4-10)15(20)21/h3-6,12-13H,1-2,7-8,17H2,(H,20,21)/t12-,13-/m0/s1. The third-order valence-electron chi connectivity index (χ3n) is 3.66. The van der Waals surface area contributed by atoms with Gasteiger partial charge in [0, 0.05) is 6.54 Å². The predicted octanol–water partition coefficient (Wildman–Crippen LogP) is 0.769. The van der Waals surface area contributed by atoms with Crippen LogP contribution < -0.4 is 5.73 Å². The molecule has 0 aliphatic carbocycles. The van der Waals surface area contributed by atoms with E-state index in [-0.39, 0.29) is 17.5 Å². The zero-order valence-electron chi connectivity index (χ0n) is 11.5. The Morgan fingerprint density at radius 3 is 2.67 bits per heavy atom. The molecule has 6 heteroatoms. The molecule has 3 N–H and O–H groups in total. The summed E-state index contributed by atoms with van der Waals surface area (Å²) in [7, 11) is 0. The molecule has 1 aromatic carbocycles. The normalized spacial score (nSPS) is 19.0. The molecular weight excluding hydrogens is 270 g/mol. The molecule has 6 nitrogen and oxygen atoms in total. The van der Waals surface area contributed by atoms with E-state index in [1.165, 1.54) is 17.0 Å². The lowest BCUT2D eigenvalue weighted by molar-refractivity contribution is -0.132. The van der Waals surface area contributed by atoms with Gasteiger partial charge in [0.1, 0.15) is 6.04 Å². The van der Waals surface area contributed by atoms with E-state index >= 15 is 0 Å². The summed E-state index contributed by atoms with van der Waals surface area (Å²) in [5.41, 5.74) is 6.92. The van der Waals surface area contributed by atoms with Gasteiger partial charge in [-0.1, -0.05) is 12.1 Å². The van der Waals surface area contributed by atoms with Gasteiger partial charge < -0.3 is 15.7 Å². The molecule has 21 heavy (non-hydrogen) atoms. The lowest BCUT2D eigenvalue weighted by Crippen LogP contribution is -2.46. The van der Waals surface area contributed by atoms with E-state index in [9.17, 15) is 9.59 Å². The van der Waals surface area contributed by atoms with E-state index in [4.69, 9.17) is 16.1 Å². The number of hydrogen-bond acceptors (Lipinski definition) is 4. The van der Waals surface area contributed by atoms with Crippen LogP contribution in [0.1, 0.15) is 28.8 Å². The van der Waals surface area contributed by atoms with Crippen LogP contribution in [-0.4, -0.2) is 40.5 Å². The number of carbonyl (C=O) groups is 2. The summed E-state index contributed by atoms with van der Waals surface area (Å²) in [5, 5.41) is 17.8. The SMILES string of the molecule is N#C[C@@H]1CCCN1C(=O)[C@@H](N)Cc1ccc(C(=O)O)cc1. The smallest absolute Gasteiger partial charge is 0.335 e. The Kier molecular flexibility index (Phi) is 4.55. The fourth-order valence-corrected chi connectivity index (χ4v) is 2.50. The Morgan fingerprint density at radius 1 is 1.43 bits per heavy atom. The first-order valence-corrected chi connectivity index (χ1v) is 6.81. The van der Waals surface area contributed by atoms with Crippen LogP contribution in [0.5, 0.6) is 0 Å². The van der Waals surface area contributed by atoms with E-state index in [0.717, 1.165) is 12.0 Å². The second kappa shape index (κ2) is 6.37. The largest absolute Gasteiger partial charge is 0.478 e. The van der Waals surface area contributed by atoms with Gasteiger partial charge in [-0.25, -0.2) is 4.79 Å². The Bertz CT molecular complexity index is 577. The van der Waals surface area contributed by atoms with Crippen molar-refractivity contribution in [1.29, 1.82) is 5.26 Å². The van der Waals surface area contributed by atoms with Crippen LogP contribution in [0.15, 0.2) is 24.3 Å². The van der Waals surface area contributed by atoms with Gasteiger partial charge in [-0.3, -0.25) is 4.79 Å². The molecule has 1 aromatic rings. The van der Waals surface area contributed by atoms with Gasteiger partial charge in [0.05, 0.1) is 17.7 Å². The molecule has 2 atom stereocenters. The number of likely N-dealkylation sites (tertiary alicyclic amines) is 1. The highest BCUT2D eigenvalue weighted by Crippen LogP contribution is 2.18. The second-order valence-corrected chi connectivity index (χ2v) is 5.13. The van der Waals surface area contributed by atoms with Gasteiger partial charge in [0.25, 0.3) is 0 Å². The van der Waals surface area contributed by atoms with E-state index in [0.29, 0.717) is 19.4 Å². The van der Waals surface area contributed by atoms with Crippen LogP contribution in [-0.2, 0) is 11.2 Å². The average molecular weight is 287 g/mol. The highest BCUT2D eigenvalue weighted by molar-refractivity contribution is 5.87. The van der Waals surface area contributed by atoms with Crippen LogP contribution in [0.25, 0.3) is 0 Å². The number of nitriles is 1. The molecule has 0 unspecified atom stereocenters. The Labute approximate surface area is 122 Å². The first-order valence-electron chi connectivity index (χ1n) is 6.81. The molecule has 110 valence electrons. The van der Waals surface area contributed by atoms with Gasteiger partial charge in [0.15, 0.2) is 0 Å². The molecule has 1 saturated heterocycles. The molecule has 0 radical (unpaired) electrons. The molecule has 0 bridgehead atoms. The average Bonchev–Trinajstić information content (AvgIpc) is 2.95. The fraction of sp³-hybridized carbons (Fsp3) is 0.400. The molecule has 1 heterocycles. The van der Waals surface area contributed by atoms with E-state index < -0.39 is 12.0 Å². The Balaban J connectivity index is 2.00. The first kappa shape index (κ1) is 15.0. The molecule has 1 aliphatic heterocycles. The van der Waals surface area contributed by atoms with Crippen molar-refractivity contribution in [2.45, 2.75) is 31.3 Å². The quantitative estimate of drug-likeness (QED) is 0.850. The van der Waals surface area contributed by atoms with Crippen LogP contribution in [0.3, 0.4) is 0 Å². The molecule has 0 spiro atoms. The summed E-state index contributed by atoms with van der Waals surface area (Å²) in [6.45, 7) is 0.572. The molecule has 2 rings (SSSR count). The number of carboxylic acids is 1. The van der Waals surface area contributed by atoms with Crippen LogP contribution in [0.4, 0.5) is 0 Å². The van der Waals surface area contributed by atoms with Crippen molar-refractivity contribution in [3.63, 3.8) is 0 Å². The minimum Gasteiger partial charge on any atom is -0.478 e. The van der Waals surface area contributed by atoms with Gasteiger partial charge in [0.2, 0.25) is 5.91 Å². The van der Waals surface area contributed by atoms with Gasteiger partial charge in [-0.05, 0) is 37.0 Å². The number of hydrogen-bond donors (Lipinski definition) is 2. The van der Waals surface area contributed by atoms with Crippen molar-refractivity contribution in [2.75, 3.05) is 6.54 Å². The number of rotatable bonds is 4. The van der Waals surface area contributed by atoms with Crippen molar-refractivity contribution < 1.29 is 14.7 Å². The lowest BCUT2D eigenvalue weighted by Gasteiger charge is -2.23. The van der Waals surface area contributed by atoms with E-state index in [1.807, 2.05) is 0 Å². The monoisotopic (exact) mass is 287 g/mol. The molecule has 1 fully saturated rings. The van der Waals surface area contributed by atoms with Crippen molar-refractivity contribution >= 4 is 11.9 Å². The summed E-state index contributed by atoms with van der Waals surface area (Å²) < 4.78 is 0. The van der Waals surface area contributed by atoms with Gasteiger partial charge >= 0.3 is 5.97 Å². The third-order valence-corrected chi connectivity index (χ3v) is 3.66. The van der Waals surface area contributed by atoms with Crippen molar-refractivity contribution in [2.24, 2.45) is 5.73 Å². The van der Waals surface area contributed by atoms with Crippen molar-refractivity contribution in [3.8, 4) is 6.07 Å². The predicted molar refractivity (Wildman–Crippen MR) is 75.4 cm³/mol. The number of nitrogens with two attached hydrogens (primary N) is 1. The number of amides is 1. The zero-order chi connectivity index (χ0) is 15.4. The number of aromatic carboxylic acids is 1. The molecular formula is C15H17N3O3. The highest BCUT2D eigenvalue weighted by Gasteiger charge is 2.31. The van der Waals surface area contributed by atoms with E-state index in [2.05, 4.69) is 6.07 Å². The Hall–Kier alpha value is -2.39. The van der Waals surface area contributed by atoms with Crippen LogP contribution in [0.2, 0.25) is 0 Å². The van der Waals surface area contributed by atoms with Crippen molar-refractivity contribution in [3.05, 3.63) is 35.4 Å². The molecule has 0 saturated carbocycles. The maximum Gasteiger partial charge on any atom is 0.335 e. The zero-order valence-corrected chi connectivity index (χ0v) is 11.5. The Morgan fingerprint density at radius 2 is 2.10 bits per heavy atom. The maximum absolute atomic E-state index is 12.2. The molecule has 0 aromatic heterocycles. The minimum absolute atomic E-state index is 0.197. The number of carboxylic acid groups (broad SMARTS) is 1. The van der Waals surface area contributed by atoms with Crippen LogP contribution in [0, 0.1) is 11.3 Å². The molecule has 1 amide bonds. The van der Waals surface area contributed by atoms with Gasteiger partial charge in [-0.2, -0.15) is 5.26 Å². The summed E-state index contributed by atoms with van der Waals surface area (Å²) in [6.07, 6.45) is 1.85. The number of benzene rings is 1. The number of carbonyl (C=O) groups excluding carboxylic acids is 1. The lowest BCUT2D eigenvalue weighted by atomic mass is 10.0. The maximum atomic E-state index is 12.2. The van der Waals surface area contributed by atoms with Crippen molar-refractivity contribution in [1.82, 2.24) is 4.90 Å². The van der Waals surface area contributed by atoms with E-state index in [1.54, 1.807) is 12.1 Å². The summed E-state index contributed by atoms with van der Waals surface area (Å²) in [4.78, 5) is 24.6. The molecule has 1 aliphatic rings. The minimum atomic E-state index is -0.990. The number of nitrogens with zero attached hydrogens (tertiary/aromatic N) is 2. The summed E-state index contributed by atoms with van der Waals surface area (Å²) in [6, 6.07) is 7.32. The van der Waals surface area contributed by atoms with Crippen LogP contribution >= 0.6 is 0 Å². The topological polar surface area (TPSA) is 107 Å². The van der Waals surface area contributed by atoms with Gasteiger partial charge in [-0.15, -0.1) is 0 Å². The first-order chi connectivity index (χ1) is 10.0. The summed E-state index contributed by atoms with van der Waals surface area (Å²) in [5.74, 6) is -1.21. The third kappa shape index (κ3) is 3.38. The fourth-order valence-electron chi connectivity index (χ4n) is 2.50. The second-order valence-electron chi connectivity index (χ2n) is 5.13. The highest BCUT2D eigenvalue weighted by atomic mass is 16.4. The summed E-state index contributed by atoms with van der Waals surface area (Å²) >= 11 is 0.